The Morgan fingerprint density at radius 2 is 1.88 bits per heavy atom. The van der Waals surface area contributed by atoms with Gasteiger partial charge in [-0.25, -0.2) is 0 Å². The first-order valence-electron chi connectivity index (χ1n) is 8.37. The van der Waals surface area contributed by atoms with Gasteiger partial charge in [0.05, 0.1) is 22.1 Å². The summed E-state index contributed by atoms with van der Waals surface area (Å²) in [7, 11) is 0. The summed E-state index contributed by atoms with van der Waals surface area (Å²) in [5.74, 6) is 0. The molecule has 0 amide bonds. The maximum absolute atomic E-state index is 6.24. The van der Waals surface area contributed by atoms with Crippen LogP contribution >= 0.6 is 35.2 Å². The largest absolute Gasteiger partial charge is 0.351 e. The number of hydrogen-bond acceptors (Lipinski definition) is 3. The van der Waals surface area contributed by atoms with Gasteiger partial charge in [0, 0.05) is 16.8 Å². The molecule has 3 aromatic rings. The second-order valence-electron chi connectivity index (χ2n) is 6.48. The van der Waals surface area contributed by atoms with Gasteiger partial charge in [-0.3, -0.25) is 4.98 Å². The van der Waals surface area contributed by atoms with Gasteiger partial charge < -0.3 is 10.2 Å². The van der Waals surface area contributed by atoms with Gasteiger partial charge in [-0.05, 0) is 73.6 Å². The van der Waals surface area contributed by atoms with E-state index in [9.17, 15) is 0 Å². The molecule has 26 heavy (non-hydrogen) atoms. The normalized spacial score (nSPS) is 19.7. The highest BCUT2D eigenvalue weighted by molar-refractivity contribution is 7.80. The standard InChI is InChI=1S/C20H18ClN3S2/c1-12-9-13(2)11-14(10-12)24-19(16-6-7-17(21)26-16)18(23-20(24)25)15-5-3-4-8-22-15/h3-11,18-19H,1-2H3,(H,23,25)/t18-,19+/m0/s1. The minimum atomic E-state index is -0.0285. The minimum Gasteiger partial charge on any atom is -0.351 e. The van der Waals surface area contributed by atoms with E-state index in [4.69, 9.17) is 23.8 Å². The fourth-order valence-corrected chi connectivity index (χ4v) is 5.03. The minimum absolute atomic E-state index is 0.0103. The molecule has 2 atom stereocenters. The zero-order valence-corrected chi connectivity index (χ0v) is 16.8. The molecule has 1 aliphatic rings. The van der Waals surface area contributed by atoms with Crippen LogP contribution in [0.2, 0.25) is 4.34 Å². The van der Waals surface area contributed by atoms with Crippen molar-refractivity contribution in [3.05, 3.63) is 80.8 Å². The second kappa shape index (κ2) is 6.99. The number of rotatable bonds is 3. The van der Waals surface area contributed by atoms with Crippen molar-refractivity contribution in [2.24, 2.45) is 0 Å². The molecule has 0 bridgehead atoms. The molecule has 6 heteroatoms. The van der Waals surface area contributed by atoms with E-state index in [1.807, 2.05) is 30.5 Å². The Kier molecular flexibility index (Phi) is 4.69. The molecule has 4 rings (SSSR count). The molecule has 0 aliphatic carbocycles. The first kappa shape index (κ1) is 17.5. The van der Waals surface area contributed by atoms with Crippen molar-refractivity contribution in [3.8, 4) is 0 Å². The van der Waals surface area contributed by atoms with Gasteiger partial charge in [-0.1, -0.05) is 23.7 Å². The Bertz CT molecular complexity index is 934. The fraction of sp³-hybridized carbons (Fsp3) is 0.200. The van der Waals surface area contributed by atoms with Crippen molar-refractivity contribution < 1.29 is 0 Å². The van der Waals surface area contributed by atoms with E-state index in [-0.39, 0.29) is 12.1 Å². The lowest BCUT2D eigenvalue weighted by Crippen LogP contribution is -2.29. The molecule has 1 fully saturated rings. The predicted octanol–water partition coefficient (Wildman–Crippen LogP) is 5.59. The summed E-state index contributed by atoms with van der Waals surface area (Å²) in [6, 6.07) is 16.5. The van der Waals surface area contributed by atoms with E-state index in [0.29, 0.717) is 5.11 Å². The number of nitrogens with one attached hydrogen (secondary N) is 1. The molecular formula is C20H18ClN3S2. The maximum atomic E-state index is 6.24. The second-order valence-corrected chi connectivity index (χ2v) is 8.62. The number of hydrogen-bond donors (Lipinski definition) is 1. The van der Waals surface area contributed by atoms with Crippen LogP contribution in [-0.4, -0.2) is 10.1 Å². The summed E-state index contributed by atoms with van der Waals surface area (Å²) in [4.78, 5) is 7.92. The highest BCUT2D eigenvalue weighted by Gasteiger charge is 2.41. The van der Waals surface area contributed by atoms with Crippen molar-refractivity contribution >= 4 is 46.0 Å². The number of aromatic nitrogens is 1. The molecule has 1 aliphatic heterocycles. The van der Waals surface area contributed by atoms with Crippen LogP contribution in [0.4, 0.5) is 5.69 Å². The Hall–Kier alpha value is -1.95. The Morgan fingerprint density at radius 1 is 1.12 bits per heavy atom. The molecule has 1 N–H and O–H groups in total. The highest BCUT2D eigenvalue weighted by Crippen LogP contribution is 2.44. The Morgan fingerprint density at radius 3 is 2.50 bits per heavy atom. The average Bonchev–Trinajstić information content (AvgIpc) is 3.18. The number of thiocarbonyl (C=S) groups is 1. The van der Waals surface area contributed by atoms with Crippen LogP contribution in [0.1, 0.15) is 33.8 Å². The van der Waals surface area contributed by atoms with Gasteiger partial charge in [-0.15, -0.1) is 11.3 Å². The SMILES string of the molecule is Cc1cc(C)cc(N2C(=S)N[C@@H](c3ccccn3)[C@H]2c2ccc(Cl)s2)c1. The first-order chi connectivity index (χ1) is 12.5. The predicted molar refractivity (Wildman–Crippen MR) is 113 cm³/mol. The van der Waals surface area contributed by atoms with Crippen LogP contribution in [-0.2, 0) is 0 Å². The lowest BCUT2D eigenvalue weighted by Gasteiger charge is -2.27. The van der Waals surface area contributed by atoms with Gasteiger partial charge in [0.15, 0.2) is 5.11 Å². The molecule has 2 aromatic heterocycles. The summed E-state index contributed by atoms with van der Waals surface area (Å²) < 4.78 is 0.776. The molecule has 0 spiro atoms. The molecule has 0 saturated carbocycles. The molecule has 132 valence electrons. The maximum Gasteiger partial charge on any atom is 0.174 e. The smallest absolute Gasteiger partial charge is 0.174 e. The van der Waals surface area contributed by atoms with Gasteiger partial charge in [0.1, 0.15) is 0 Å². The average molecular weight is 400 g/mol. The van der Waals surface area contributed by atoms with Crippen molar-refractivity contribution in [3.63, 3.8) is 0 Å². The lowest BCUT2D eigenvalue weighted by molar-refractivity contribution is 0.575. The summed E-state index contributed by atoms with van der Waals surface area (Å²) in [6.45, 7) is 4.21. The summed E-state index contributed by atoms with van der Waals surface area (Å²) in [5.41, 5.74) is 4.49. The number of anilines is 1. The number of benzene rings is 1. The number of pyridine rings is 1. The van der Waals surface area contributed by atoms with E-state index in [1.165, 1.54) is 11.1 Å². The Balaban J connectivity index is 1.85. The third-order valence-electron chi connectivity index (χ3n) is 4.47. The quantitative estimate of drug-likeness (QED) is 0.581. The molecule has 3 nitrogen and oxygen atoms in total. The molecule has 0 radical (unpaired) electrons. The van der Waals surface area contributed by atoms with Crippen molar-refractivity contribution in [2.75, 3.05) is 4.90 Å². The van der Waals surface area contributed by atoms with Crippen LogP contribution in [0.25, 0.3) is 0 Å². The summed E-state index contributed by atoms with van der Waals surface area (Å²) >= 11 is 13.6. The fourth-order valence-electron chi connectivity index (χ4n) is 3.50. The lowest BCUT2D eigenvalue weighted by atomic mass is 10.0. The van der Waals surface area contributed by atoms with E-state index >= 15 is 0 Å². The topological polar surface area (TPSA) is 28.2 Å². The summed E-state index contributed by atoms with van der Waals surface area (Å²) in [5, 5.41) is 4.18. The molecule has 1 aromatic carbocycles. The first-order valence-corrected chi connectivity index (χ1v) is 9.97. The van der Waals surface area contributed by atoms with E-state index in [2.05, 4.69) is 53.3 Å². The van der Waals surface area contributed by atoms with Crippen molar-refractivity contribution in [2.45, 2.75) is 25.9 Å². The van der Waals surface area contributed by atoms with Crippen LogP contribution < -0.4 is 10.2 Å². The molecular weight excluding hydrogens is 382 g/mol. The van der Waals surface area contributed by atoms with Gasteiger partial charge >= 0.3 is 0 Å². The van der Waals surface area contributed by atoms with Crippen LogP contribution in [0, 0.1) is 13.8 Å². The molecule has 0 unspecified atom stereocenters. The van der Waals surface area contributed by atoms with E-state index < -0.39 is 0 Å². The van der Waals surface area contributed by atoms with Gasteiger partial charge in [0.2, 0.25) is 0 Å². The van der Waals surface area contributed by atoms with Crippen molar-refractivity contribution in [1.82, 2.24) is 10.3 Å². The number of nitrogens with zero attached hydrogens (tertiary/aromatic N) is 2. The highest BCUT2D eigenvalue weighted by atomic mass is 35.5. The summed E-state index contributed by atoms with van der Waals surface area (Å²) in [6.07, 6.45) is 1.82. The Labute approximate surface area is 167 Å². The van der Waals surface area contributed by atoms with Crippen LogP contribution in [0.15, 0.2) is 54.7 Å². The third kappa shape index (κ3) is 3.22. The zero-order chi connectivity index (χ0) is 18.3. The number of aryl methyl sites for hydroxylation is 2. The van der Waals surface area contributed by atoms with Crippen molar-refractivity contribution in [1.29, 1.82) is 0 Å². The number of thiophene rings is 1. The monoisotopic (exact) mass is 399 g/mol. The molecule has 1 saturated heterocycles. The van der Waals surface area contributed by atoms with Crippen LogP contribution in [0.5, 0.6) is 0 Å². The van der Waals surface area contributed by atoms with E-state index in [1.54, 1.807) is 11.3 Å². The van der Waals surface area contributed by atoms with Gasteiger partial charge in [0.25, 0.3) is 0 Å². The third-order valence-corrected chi connectivity index (χ3v) is 6.08. The zero-order valence-electron chi connectivity index (χ0n) is 14.4. The molecule has 3 heterocycles. The van der Waals surface area contributed by atoms with E-state index in [0.717, 1.165) is 20.6 Å². The number of halogens is 1. The van der Waals surface area contributed by atoms with Gasteiger partial charge in [-0.2, -0.15) is 0 Å². The van der Waals surface area contributed by atoms with Crippen LogP contribution in [0.3, 0.4) is 0 Å².